The molecule has 4 aliphatic rings. The van der Waals surface area contributed by atoms with Crippen LogP contribution in [0.4, 0.5) is 45.5 Å². The van der Waals surface area contributed by atoms with Gasteiger partial charge in [-0.25, -0.2) is 9.80 Å². The van der Waals surface area contributed by atoms with Gasteiger partial charge in [0, 0.05) is 62.8 Å². The Morgan fingerprint density at radius 1 is 0.656 bits per heavy atom. The summed E-state index contributed by atoms with van der Waals surface area (Å²) in [6, 6.07) is 5.00. The van der Waals surface area contributed by atoms with E-state index in [1.807, 2.05) is 0 Å². The second-order valence-electron chi connectivity index (χ2n) is 15.2. The summed E-state index contributed by atoms with van der Waals surface area (Å²) in [7, 11) is 6.68. The third-order valence-electron chi connectivity index (χ3n) is 11.7. The molecule has 6 atom stereocenters. The van der Waals surface area contributed by atoms with Crippen LogP contribution in [-0.4, -0.2) is 83.7 Å². The zero-order valence-corrected chi connectivity index (χ0v) is 35.6. The molecule has 7 rings (SSSR count). The number of amides is 4. The number of benzene rings is 3. The highest BCUT2D eigenvalue weighted by molar-refractivity contribution is 9.13. The molecule has 0 bridgehead atoms. The van der Waals surface area contributed by atoms with Gasteiger partial charge in [-0.2, -0.15) is 0 Å². The first-order valence-electron chi connectivity index (χ1n) is 18.1. The third-order valence-corrected chi connectivity index (χ3v) is 13.8. The van der Waals surface area contributed by atoms with Gasteiger partial charge in [-0.05, 0) is 62.2 Å². The molecule has 1 saturated carbocycles. The lowest BCUT2D eigenvalue weighted by Gasteiger charge is -2.44. The molecule has 2 saturated heterocycles. The van der Waals surface area contributed by atoms with Gasteiger partial charge in [0.25, 0.3) is 0 Å². The van der Waals surface area contributed by atoms with Crippen LogP contribution in [0.3, 0.4) is 0 Å². The van der Waals surface area contributed by atoms with Crippen LogP contribution in [0.2, 0.25) is 0 Å². The number of imide groups is 2. The van der Waals surface area contributed by atoms with E-state index in [0.717, 1.165) is 34.1 Å². The van der Waals surface area contributed by atoms with Crippen LogP contribution in [0.15, 0.2) is 50.9 Å². The van der Waals surface area contributed by atoms with E-state index in [-0.39, 0.29) is 50.2 Å². The minimum atomic E-state index is -1.30. The SMILES string of the molecule is COc1cc([C@H]2C3=CC[C@@H]4C(=O)N(c5cc([N+](=O)[O-])c(N(C)C)c([N+](=O)[O-])c5)C(=O)[C@@H]4[C@@H]3C[C@H]3C(=O)N(c4cc([N+](=O)[O-])c(N(C)C)c([N+](=O)[O-])c4)C(=O)[C@@H]23)c(Br)c(Br)c1O. The van der Waals surface area contributed by atoms with Crippen molar-refractivity contribution in [3.8, 4) is 11.5 Å². The highest BCUT2D eigenvalue weighted by Gasteiger charge is 2.63. The number of phenolic OH excluding ortho intramolecular Hbond substituents is 1. The maximum atomic E-state index is 14.8. The molecule has 4 amide bonds. The van der Waals surface area contributed by atoms with E-state index in [2.05, 4.69) is 31.9 Å². The number of methoxy groups -OCH3 is 1. The van der Waals surface area contributed by atoms with Crippen LogP contribution in [0.25, 0.3) is 0 Å². The number of hydrogen-bond donors (Lipinski definition) is 1. The van der Waals surface area contributed by atoms with Gasteiger partial charge in [-0.1, -0.05) is 11.6 Å². The van der Waals surface area contributed by atoms with Gasteiger partial charge in [0.05, 0.1) is 66.3 Å². The molecule has 24 heteroatoms. The van der Waals surface area contributed by atoms with Gasteiger partial charge in [0.2, 0.25) is 23.6 Å². The van der Waals surface area contributed by atoms with Crippen molar-refractivity contribution in [2.75, 3.05) is 54.9 Å². The number of ether oxygens (including phenoxy) is 1. The zero-order valence-electron chi connectivity index (χ0n) is 32.4. The van der Waals surface area contributed by atoms with Crippen molar-refractivity contribution in [1.82, 2.24) is 0 Å². The normalized spacial score (nSPS) is 23.0. The molecule has 0 radical (unpaired) electrons. The summed E-state index contributed by atoms with van der Waals surface area (Å²) in [6.07, 6.45) is 1.31. The topological polar surface area (TPSA) is 283 Å². The predicted molar refractivity (Wildman–Crippen MR) is 221 cm³/mol. The number of aromatic hydroxyl groups is 1. The van der Waals surface area contributed by atoms with E-state index in [9.17, 15) is 64.7 Å². The lowest BCUT2D eigenvalue weighted by Crippen LogP contribution is -2.43. The maximum Gasteiger partial charge on any atom is 0.301 e. The first-order valence-corrected chi connectivity index (χ1v) is 19.7. The van der Waals surface area contributed by atoms with Gasteiger partial charge in [-0.3, -0.25) is 59.6 Å². The molecule has 2 heterocycles. The molecule has 0 spiro atoms. The van der Waals surface area contributed by atoms with Crippen molar-refractivity contribution in [3.63, 3.8) is 0 Å². The molecule has 318 valence electrons. The minimum absolute atomic E-state index is 0.0557. The summed E-state index contributed by atoms with van der Waals surface area (Å²) in [4.78, 5) is 107. The van der Waals surface area contributed by atoms with E-state index in [1.54, 1.807) is 6.08 Å². The van der Waals surface area contributed by atoms with E-state index in [0.29, 0.717) is 15.4 Å². The monoisotopic (exact) mass is 970 g/mol. The minimum Gasteiger partial charge on any atom is -0.503 e. The lowest BCUT2D eigenvalue weighted by atomic mass is 9.57. The van der Waals surface area contributed by atoms with E-state index >= 15 is 0 Å². The Morgan fingerprint density at radius 3 is 1.49 bits per heavy atom. The van der Waals surface area contributed by atoms with Crippen molar-refractivity contribution in [2.45, 2.75) is 18.8 Å². The molecule has 3 fully saturated rings. The molecule has 1 N–H and O–H groups in total. The van der Waals surface area contributed by atoms with E-state index < -0.39 is 113 Å². The van der Waals surface area contributed by atoms with E-state index in [1.165, 1.54) is 41.4 Å². The lowest BCUT2D eigenvalue weighted by molar-refractivity contribution is -0.392. The van der Waals surface area contributed by atoms with Crippen molar-refractivity contribution in [2.24, 2.45) is 29.6 Å². The number of nitro benzene ring substituents is 4. The summed E-state index contributed by atoms with van der Waals surface area (Å²) in [5.74, 6) is -10.9. The molecule has 2 aliphatic heterocycles. The standard InChI is InChI=1S/C37H32Br2N8O14/c1-40(2)31-21(44(53)54)8-14(9-22(31)45(55)56)42-34(49)17-7-6-16-18(27(17)36(42)51)12-20-28(26(16)19-13-25(61-5)33(48)30(39)29(19)38)37(52)43(35(20)50)15-10-23(46(57)58)32(41(3)4)24(11-15)47(59)60/h6,8-11,13,17-18,20,26-28,48H,7,12H2,1-5H3/t17-,18+,20+,26+,27-,28+/m0/s1. The van der Waals surface area contributed by atoms with Crippen LogP contribution in [0.5, 0.6) is 11.5 Å². The average molecular weight is 973 g/mol. The quantitative estimate of drug-likeness (QED) is 0.110. The summed E-state index contributed by atoms with van der Waals surface area (Å²) in [6.45, 7) is 0. The molecular formula is C37H32Br2N8O14. The number of nitrogens with zero attached hydrogens (tertiary/aromatic N) is 8. The van der Waals surface area contributed by atoms with Crippen molar-refractivity contribution < 1.29 is 48.7 Å². The van der Waals surface area contributed by atoms with Crippen LogP contribution >= 0.6 is 31.9 Å². The predicted octanol–water partition coefficient (Wildman–Crippen LogP) is 5.74. The largest absolute Gasteiger partial charge is 0.503 e. The van der Waals surface area contributed by atoms with Crippen LogP contribution in [0.1, 0.15) is 24.3 Å². The fraction of sp³-hybridized carbons (Fsp3) is 0.351. The summed E-state index contributed by atoms with van der Waals surface area (Å²) in [5.41, 5.74) is -3.92. The summed E-state index contributed by atoms with van der Waals surface area (Å²) < 4.78 is 5.73. The van der Waals surface area contributed by atoms with Gasteiger partial charge in [0.15, 0.2) is 22.9 Å². The highest BCUT2D eigenvalue weighted by atomic mass is 79.9. The second kappa shape index (κ2) is 15.2. The average Bonchev–Trinajstić information content (AvgIpc) is 3.61. The molecule has 2 aliphatic carbocycles. The molecule has 3 aromatic carbocycles. The number of carbonyl (C=O) groups is 4. The molecular weight excluding hydrogens is 940 g/mol. The number of phenols is 1. The second-order valence-corrected chi connectivity index (χ2v) is 16.8. The first kappa shape index (κ1) is 42.6. The van der Waals surface area contributed by atoms with Crippen molar-refractivity contribution in [1.29, 1.82) is 0 Å². The Morgan fingerprint density at radius 2 is 1.08 bits per heavy atom. The molecule has 0 unspecified atom stereocenters. The van der Waals surface area contributed by atoms with E-state index in [4.69, 9.17) is 4.74 Å². The third kappa shape index (κ3) is 6.42. The number of fused-ring (bicyclic) bond motifs is 4. The van der Waals surface area contributed by atoms with Gasteiger partial charge in [-0.15, -0.1) is 0 Å². The number of carbonyl (C=O) groups excluding carboxylic acids is 4. The number of rotatable bonds is 10. The molecule has 22 nitrogen and oxygen atoms in total. The Bertz CT molecular complexity index is 2530. The van der Waals surface area contributed by atoms with Gasteiger partial charge >= 0.3 is 22.7 Å². The number of nitro groups is 4. The number of hydrogen-bond acceptors (Lipinski definition) is 16. The van der Waals surface area contributed by atoms with Crippen molar-refractivity contribution >= 4 is 101 Å². The number of allylic oxidation sites excluding steroid dienone is 2. The highest BCUT2D eigenvalue weighted by Crippen LogP contribution is 2.61. The first-order chi connectivity index (χ1) is 28.6. The number of anilines is 4. The Balaban J connectivity index is 1.41. The Labute approximate surface area is 360 Å². The molecule has 61 heavy (non-hydrogen) atoms. The smallest absolute Gasteiger partial charge is 0.301 e. The van der Waals surface area contributed by atoms with Crippen LogP contribution in [-0.2, 0) is 19.2 Å². The van der Waals surface area contributed by atoms with Crippen LogP contribution < -0.4 is 24.3 Å². The number of halogens is 2. The maximum absolute atomic E-state index is 14.8. The fourth-order valence-electron chi connectivity index (χ4n) is 9.35. The Kier molecular flexibility index (Phi) is 10.6. The molecule has 0 aromatic heterocycles. The summed E-state index contributed by atoms with van der Waals surface area (Å²) in [5, 5.41) is 59.8. The van der Waals surface area contributed by atoms with Gasteiger partial charge < -0.3 is 19.6 Å². The van der Waals surface area contributed by atoms with Gasteiger partial charge in [0.1, 0.15) is 0 Å². The van der Waals surface area contributed by atoms with Crippen LogP contribution in [0, 0.1) is 70.0 Å². The molecule has 3 aromatic rings. The Hall–Kier alpha value is -6.56. The van der Waals surface area contributed by atoms with Crippen molar-refractivity contribution in [3.05, 3.63) is 96.9 Å². The fourth-order valence-corrected chi connectivity index (χ4v) is 10.3. The summed E-state index contributed by atoms with van der Waals surface area (Å²) >= 11 is 6.82. The zero-order chi connectivity index (χ0) is 44.8.